The third-order valence-corrected chi connectivity index (χ3v) is 3.44. The van der Waals surface area contributed by atoms with E-state index in [-0.39, 0.29) is 18.5 Å². The highest BCUT2D eigenvalue weighted by Crippen LogP contribution is 2.45. The Morgan fingerprint density at radius 3 is 2.41 bits per heavy atom. The third-order valence-electron chi connectivity index (χ3n) is 3.44. The van der Waals surface area contributed by atoms with Crippen LogP contribution in [0, 0.1) is 5.41 Å². The maximum atomic E-state index is 11.7. The number of nitrogens with two attached hydrogens (primary N) is 1. The molecule has 1 aliphatic carbocycles. The summed E-state index contributed by atoms with van der Waals surface area (Å²) in [4.78, 5) is 13.5. The highest BCUT2D eigenvalue weighted by Gasteiger charge is 2.49. The quantitative estimate of drug-likeness (QED) is 0.728. The molecular weight excluding hydrogens is 240 g/mol. The van der Waals surface area contributed by atoms with Crippen LogP contribution in [0.1, 0.15) is 40.0 Å². The molecule has 2 N–H and O–H groups in total. The first-order valence-corrected chi connectivity index (χ1v) is 6.03. The molecule has 0 unspecified atom stereocenters. The third kappa shape index (κ3) is 3.26. The molecule has 0 aromatic heterocycles. The number of ether oxygens (including phenoxy) is 1. The summed E-state index contributed by atoms with van der Waals surface area (Å²) in [5, 5.41) is 0. The van der Waals surface area contributed by atoms with Crippen LogP contribution in [0.5, 0.6) is 0 Å². The standard InChI is InChI=1S/C12H22N2O2.ClH/c1-11(2,3)16-10(15)14-7-12(8-14)5-4-9(13)6-12;/h9H,4-8,13H2,1-3H3;1H/t9-;/m1./s1. The second kappa shape index (κ2) is 4.65. The van der Waals surface area contributed by atoms with Gasteiger partial charge in [-0.3, -0.25) is 0 Å². The van der Waals surface area contributed by atoms with Gasteiger partial charge in [-0.15, -0.1) is 12.4 Å². The van der Waals surface area contributed by atoms with Crippen LogP contribution in [-0.4, -0.2) is 35.7 Å². The number of hydrogen-bond acceptors (Lipinski definition) is 3. The second-order valence-corrected chi connectivity index (χ2v) is 6.34. The Bertz CT molecular complexity index is 295. The number of halogens is 1. The lowest BCUT2D eigenvalue weighted by Gasteiger charge is -2.48. The van der Waals surface area contributed by atoms with Crippen molar-refractivity contribution in [1.82, 2.24) is 4.90 Å². The van der Waals surface area contributed by atoms with Gasteiger partial charge < -0.3 is 15.4 Å². The minimum Gasteiger partial charge on any atom is -0.444 e. The maximum absolute atomic E-state index is 11.7. The Labute approximate surface area is 109 Å². The summed E-state index contributed by atoms with van der Waals surface area (Å²) >= 11 is 0. The van der Waals surface area contributed by atoms with Crippen LogP contribution < -0.4 is 5.73 Å². The molecule has 1 saturated carbocycles. The average molecular weight is 263 g/mol. The number of rotatable bonds is 0. The minimum atomic E-state index is -0.397. The van der Waals surface area contributed by atoms with Gasteiger partial charge in [-0.2, -0.15) is 0 Å². The zero-order valence-electron chi connectivity index (χ0n) is 10.9. The molecule has 2 fully saturated rings. The van der Waals surface area contributed by atoms with Crippen molar-refractivity contribution in [3.8, 4) is 0 Å². The van der Waals surface area contributed by atoms with Gasteiger partial charge in [0, 0.05) is 24.5 Å². The van der Waals surface area contributed by atoms with Gasteiger partial charge in [0.15, 0.2) is 0 Å². The van der Waals surface area contributed by atoms with E-state index in [4.69, 9.17) is 10.5 Å². The molecular formula is C12H23ClN2O2. The van der Waals surface area contributed by atoms with Gasteiger partial charge in [-0.1, -0.05) is 0 Å². The molecule has 5 heteroatoms. The summed E-state index contributed by atoms with van der Waals surface area (Å²) in [6.45, 7) is 7.34. The Hall–Kier alpha value is -0.480. The topological polar surface area (TPSA) is 55.6 Å². The van der Waals surface area contributed by atoms with Crippen molar-refractivity contribution in [3.63, 3.8) is 0 Å². The van der Waals surface area contributed by atoms with Crippen LogP contribution in [0.15, 0.2) is 0 Å². The molecule has 1 spiro atoms. The number of carbonyl (C=O) groups excluding carboxylic acids is 1. The molecule has 2 aliphatic rings. The molecule has 17 heavy (non-hydrogen) atoms. The molecule has 1 aliphatic heterocycles. The van der Waals surface area contributed by atoms with Crippen LogP contribution in [0.25, 0.3) is 0 Å². The van der Waals surface area contributed by atoms with Gasteiger partial charge in [0.2, 0.25) is 0 Å². The number of amides is 1. The van der Waals surface area contributed by atoms with Gasteiger partial charge in [0.05, 0.1) is 0 Å². The molecule has 2 rings (SSSR count). The van der Waals surface area contributed by atoms with E-state index >= 15 is 0 Å². The fourth-order valence-electron chi connectivity index (χ4n) is 2.76. The van der Waals surface area contributed by atoms with Gasteiger partial charge in [-0.25, -0.2) is 4.79 Å². The first kappa shape index (κ1) is 14.6. The Balaban J connectivity index is 0.00000144. The van der Waals surface area contributed by atoms with E-state index in [1.165, 1.54) is 0 Å². The predicted octanol–water partition coefficient (Wildman–Crippen LogP) is 2.16. The lowest BCUT2D eigenvalue weighted by Crippen LogP contribution is -2.58. The van der Waals surface area contributed by atoms with Crippen molar-refractivity contribution < 1.29 is 9.53 Å². The Morgan fingerprint density at radius 1 is 1.41 bits per heavy atom. The summed E-state index contributed by atoms with van der Waals surface area (Å²) in [7, 11) is 0. The van der Waals surface area contributed by atoms with Gasteiger partial charge >= 0.3 is 6.09 Å². The second-order valence-electron chi connectivity index (χ2n) is 6.34. The van der Waals surface area contributed by atoms with E-state index in [1.54, 1.807) is 4.90 Å². The molecule has 1 atom stereocenters. The molecule has 0 aromatic carbocycles. The van der Waals surface area contributed by atoms with Crippen molar-refractivity contribution in [3.05, 3.63) is 0 Å². The molecule has 1 amide bonds. The van der Waals surface area contributed by atoms with E-state index < -0.39 is 5.60 Å². The normalized spacial score (nSPS) is 26.4. The van der Waals surface area contributed by atoms with Crippen molar-refractivity contribution in [2.45, 2.75) is 51.7 Å². The van der Waals surface area contributed by atoms with E-state index in [0.29, 0.717) is 11.5 Å². The predicted molar refractivity (Wildman–Crippen MR) is 69.3 cm³/mol. The molecule has 0 aromatic rings. The summed E-state index contributed by atoms with van der Waals surface area (Å²) in [6.07, 6.45) is 3.14. The van der Waals surface area contributed by atoms with E-state index in [1.807, 2.05) is 20.8 Å². The maximum Gasteiger partial charge on any atom is 0.410 e. The molecule has 4 nitrogen and oxygen atoms in total. The average Bonchev–Trinajstić information content (AvgIpc) is 2.41. The fraction of sp³-hybridized carbons (Fsp3) is 0.917. The number of carbonyl (C=O) groups is 1. The Morgan fingerprint density at radius 2 is 2.00 bits per heavy atom. The van der Waals surface area contributed by atoms with Gasteiger partial charge in [0.1, 0.15) is 5.60 Å². The minimum absolute atomic E-state index is 0. The Kier molecular flexibility index (Phi) is 3.99. The largest absolute Gasteiger partial charge is 0.444 e. The van der Waals surface area contributed by atoms with E-state index in [0.717, 1.165) is 32.4 Å². The number of nitrogens with zero attached hydrogens (tertiary/aromatic N) is 1. The summed E-state index contributed by atoms with van der Waals surface area (Å²) in [5.74, 6) is 0. The van der Waals surface area contributed by atoms with Crippen LogP contribution in [0.2, 0.25) is 0 Å². The first-order chi connectivity index (χ1) is 7.30. The van der Waals surface area contributed by atoms with Crippen LogP contribution in [0.4, 0.5) is 4.79 Å². The van der Waals surface area contributed by atoms with Crippen molar-refractivity contribution >= 4 is 18.5 Å². The highest BCUT2D eigenvalue weighted by atomic mass is 35.5. The van der Waals surface area contributed by atoms with Gasteiger partial charge in [-0.05, 0) is 40.0 Å². The van der Waals surface area contributed by atoms with Crippen LogP contribution in [-0.2, 0) is 4.74 Å². The number of hydrogen-bond donors (Lipinski definition) is 1. The first-order valence-electron chi connectivity index (χ1n) is 6.03. The molecule has 100 valence electrons. The van der Waals surface area contributed by atoms with Crippen molar-refractivity contribution in [1.29, 1.82) is 0 Å². The highest BCUT2D eigenvalue weighted by molar-refractivity contribution is 5.85. The summed E-state index contributed by atoms with van der Waals surface area (Å²) in [5.41, 5.74) is 5.83. The van der Waals surface area contributed by atoms with E-state index in [2.05, 4.69) is 0 Å². The van der Waals surface area contributed by atoms with E-state index in [9.17, 15) is 4.79 Å². The van der Waals surface area contributed by atoms with Crippen molar-refractivity contribution in [2.24, 2.45) is 11.1 Å². The fourth-order valence-corrected chi connectivity index (χ4v) is 2.76. The monoisotopic (exact) mass is 262 g/mol. The lowest BCUT2D eigenvalue weighted by molar-refractivity contribution is -0.0322. The van der Waals surface area contributed by atoms with Gasteiger partial charge in [0.25, 0.3) is 0 Å². The molecule has 0 radical (unpaired) electrons. The summed E-state index contributed by atoms with van der Waals surface area (Å²) < 4.78 is 5.33. The van der Waals surface area contributed by atoms with Crippen LogP contribution in [0.3, 0.4) is 0 Å². The smallest absolute Gasteiger partial charge is 0.410 e. The number of likely N-dealkylation sites (tertiary alicyclic amines) is 1. The molecule has 1 heterocycles. The summed E-state index contributed by atoms with van der Waals surface area (Å²) in [6, 6.07) is 0.334. The lowest BCUT2D eigenvalue weighted by atomic mass is 9.78. The zero-order valence-corrected chi connectivity index (χ0v) is 11.7. The van der Waals surface area contributed by atoms with Crippen molar-refractivity contribution in [2.75, 3.05) is 13.1 Å². The SMILES string of the molecule is CC(C)(C)OC(=O)N1CC2(CC[C@@H](N)C2)C1.Cl. The molecule has 0 bridgehead atoms. The molecule has 1 saturated heterocycles. The zero-order chi connectivity index (χ0) is 12.0. The van der Waals surface area contributed by atoms with Crippen LogP contribution >= 0.6 is 12.4 Å².